The lowest BCUT2D eigenvalue weighted by Gasteiger charge is -2.49. The van der Waals surface area contributed by atoms with Crippen LogP contribution in [0.4, 0.5) is 0 Å². The van der Waals surface area contributed by atoms with Gasteiger partial charge in [0.2, 0.25) is 0 Å². The Kier molecular flexibility index (Phi) is 4.40. The highest BCUT2D eigenvalue weighted by Gasteiger charge is 2.44. The van der Waals surface area contributed by atoms with E-state index in [0.717, 1.165) is 37.8 Å². The smallest absolute Gasteiger partial charge is 0.0616 e. The minimum Gasteiger partial charge on any atom is -0.378 e. The molecule has 1 heterocycles. The topological polar surface area (TPSA) is 38.5 Å². The molecule has 2 unspecified atom stereocenters. The fourth-order valence-electron chi connectivity index (χ4n) is 3.65. The molecule has 1 aliphatic heterocycles. The molecule has 0 aromatic carbocycles. The fourth-order valence-corrected chi connectivity index (χ4v) is 3.65. The van der Waals surface area contributed by atoms with Crippen LogP contribution in [0.1, 0.15) is 52.4 Å². The van der Waals surface area contributed by atoms with E-state index in [1.165, 1.54) is 38.8 Å². The Labute approximate surface area is 124 Å². The van der Waals surface area contributed by atoms with E-state index < -0.39 is 0 Å². The van der Waals surface area contributed by atoms with E-state index >= 15 is 0 Å². The zero-order valence-corrected chi connectivity index (χ0v) is 13.3. The molecule has 0 bridgehead atoms. The van der Waals surface area contributed by atoms with E-state index in [1.807, 2.05) is 0 Å². The quantitative estimate of drug-likeness (QED) is 0.779. The summed E-state index contributed by atoms with van der Waals surface area (Å²) in [6.07, 6.45) is 8.41. The first kappa shape index (κ1) is 14.8. The standard InChI is InChI=1S/C17H32N2O/c1-13(2)16-9-17(12-18,7-8-20-16)19(10-14-3-4-14)11-15-5-6-15/h13-16H,3-12,18H2,1-2H3. The molecule has 1 saturated heterocycles. The van der Waals surface area contributed by atoms with Crippen LogP contribution >= 0.6 is 0 Å². The summed E-state index contributed by atoms with van der Waals surface area (Å²) >= 11 is 0. The van der Waals surface area contributed by atoms with Crippen molar-refractivity contribution in [3.8, 4) is 0 Å². The molecule has 0 aromatic rings. The van der Waals surface area contributed by atoms with Crippen molar-refractivity contribution in [1.29, 1.82) is 0 Å². The van der Waals surface area contributed by atoms with Gasteiger partial charge in [-0.2, -0.15) is 0 Å². The maximum absolute atomic E-state index is 6.30. The second kappa shape index (κ2) is 5.94. The van der Waals surface area contributed by atoms with Gasteiger partial charge in [-0.25, -0.2) is 0 Å². The van der Waals surface area contributed by atoms with Crippen molar-refractivity contribution in [1.82, 2.24) is 4.90 Å². The third kappa shape index (κ3) is 3.37. The summed E-state index contributed by atoms with van der Waals surface area (Å²) in [5.41, 5.74) is 6.52. The Balaban J connectivity index is 1.71. The Morgan fingerprint density at radius 1 is 1.15 bits per heavy atom. The van der Waals surface area contributed by atoms with Crippen LogP contribution < -0.4 is 5.73 Å². The molecule has 0 radical (unpaired) electrons. The Hall–Kier alpha value is -0.120. The largest absolute Gasteiger partial charge is 0.378 e. The molecule has 0 aromatic heterocycles. The summed E-state index contributed by atoms with van der Waals surface area (Å²) in [4.78, 5) is 2.79. The summed E-state index contributed by atoms with van der Waals surface area (Å²) in [6.45, 7) is 8.84. The molecule has 0 spiro atoms. The lowest BCUT2D eigenvalue weighted by atomic mass is 9.81. The first-order chi connectivity index (χ1) is 9.63. The normalized spacial score (nSPS) is 35.0. The van der Waals surface area contributed by atoms with Crippen molar-refractivity contribution in [3.63, 3.8) is 0 Å². The third-order valence-electron chi connectivity index (χ3n) is 5.63. The second-order valence-corrected chi connectivity index (χ2v) is 7.83. The summed E-state index contributed by atoms with van der Waals surface area (Å²) in [6, 6.07) is 0. The van der Waals surface area contributed by atoms with Gasteiger partial charge in [0.05, 0.1) is 6.10 Å². The van der Waals surface area contributed by atoms with E-state index in [4.69, 9.17) is 10.5 Å². The summed E-state index contributed by atoms with van der Waals surface area (Å²) in [5.74, 6) is 2.51. The Bertz CT molecular complexity index is 311. The van der Waals surface area contributed by atoms with Crippen molar-refractivity contribution >= 4 is 0 Å². The Morgan fingerprint density at radius 2 is 1.75 bits per heavy atom. The number of ether oxygens (including phenoxy) is 1. The molecule has 20 heavy (non-hydrogen) atoms. The summed E-state index contributed by atoms with van der Waals surface area (Å²) in [5, 5.41) is 0. The summed E-state index contributed by atoms with van der Waals surface area (Å²) < 4.78 is 6.01. The molecule has 2 saturated carbocycles. The summed E-state index contributed by atoms with van der Waals surface area (Å²) in [7, 11) is 0. The number of nitrogens with zero attached hydrogens (tertiary/aromatic N) is 1. The van der Waals surface area contributed by atoms with Crippen molar-refractivity contribution in [2.24, 2.45) is 23.5 Å². The van der Waals surface area contributed by atoms with Crippen LogP contribution in [-0.4, -0.2) is 42.8 Å². The van der Waals surface area contributed by atoms with Crippen molar-refractivity contribution in [3.05, 3.63) is 0 Å². The SMILES string of the molecule is CC(C)C1CC(CN)(N(CC2CC2)CC2CC2)CCO1. The predicted molar refractivity (Wildman–Crippen MR) is 82.6 cm³/mol. The molecule has 2 N–H and O–H groups in total. The highest BCUT2D eigenvalue weighted by Crippen LogP contribution is 2.40. The number of hydrogen-bond donors (Lipinski definition) is 1. The fraction of sp³-hybridized carbons (Fsp3) is 1.00. The molecule has 3 fully saturated rings. The van der Waals surface area contributed by atoms with Gasteiger partial charge < -0.3 is 10.5 Å². The monoisotopic (exact) mass is 280 g/mol. The van der Waals surface area contributed by atoms with Gasteiger partial charge in [0.25, 0.3) is 0 Å². The highest BCUT2D eigenvalue weighted by molar-refractivity contribution is 5.00. The average Bonchev–Trinajstić information content (AvgIpc) is 3.33. The molecular weight excluding hydrogens is 248 g/mol. The van der Waals surface area contributed by atoms with Gasteiger partial charge in [-0.05, 0) is 56.3 Å². The first-order valence-corrected chi connectivity index (χ1v) is 8.70. The molecule has 2 atom stereocenters. The number of rotatable bonds is 7. The van der Waals surface area contributed by atoms with Crippen molar-refractivity contribution in [2.75, 3.05) is 26.2 Å². The van der Waals surface area contributed by atoms with Gasteiger partial charge in [-0.15, -0.1) is 0 Å². The van der Waals surface area contributed by atoms with Crippen LogP contribution in [0.25, 0.3) is 0 Å². The van der Waals surface area contributed by atoms with E-state index in [2.05, 4.69) is 18.7 Å². The van der Waals surface area contributed by atoms with Gasteiger partial charge in [0, 0.05) is 31.8 Å². The molecule has 2 aliphatic carbocycles. The number of hydrogen-bond acceptors (Lipinski definition) is 3. The predicted octanol–water partition coefficient (Wildman–Crippen LogP) is 2.64. The van der Waals surface area contributed by atoms with E-state index in [1.54, 1.807) is 0 Å². The van der Waals surface area contributed by atoms with Gasteiger partial charge in [0.1, 0.15) is 0 Å². The first-order valence-electron chi connectivity index (χ1n) is 8.70. The van der Waals surface area contributed by atoms with E-state index in [0.29, 0.717) is 12.0 Å². The average molecular weight is 280 g/mol. The van der Waals surface area contributed by atoms with Gasteiger partial charge in [-0.3, -0.25) is 4.90 Å². The van der Waals surface area contributed by atoms with E-state index in [9.17, 15) is 0 Å². The zero-order chi connectivity index (χ0) is 14.2. The van der Waals surface area contributed by atoms with Crippen LogP contribution in [0.2, 0.25) is 0 Å². The van der Waals surface area contributed by atoms with Crippen molar-refractivity contribution in [2.45, 2.75) is 64.0 Å². The second-order valence-electron chi connectivity index (χ2n) is 7.83. The van der Waals surface area contributed by atoms with Crippen LogP contribution in [0.15, 0.2) is 0 Å². The van der Waals surface area contributed by atoms with Crippen LogP contribution in [0, 0.1) is 17.8 Å². The molecule has 3 rings (SSSR count). The lowest BCUT2D eigenvalue weighted by molar-refractivity contribution is -0.0897. The Morgan fingerprint density at radius 3 is 2.20 bits per heavy atom. The van der Waals surface area contributed by atoms with Crippen LogP contribution in [0.5, 0.6) is 0 Å². The van der Waals surface area contributed by atoms with E-state index in [-0.39, 0.29) is 5.54 Å². The molecule has 0 amide bonds. The van der Waals surface area contributed by atoms with Crippen LogP contribution in [-0.2, 0) is 4.74 Å². The highest BCUT2D eigenvalue weighted by atomic mass is 16.5. The number of nitrogens with two attached hydrogens (primary N) is 1. The molecule has 116 valence electrons. The van der Waals surface area contributed by atoms with Gasteiger partial charge in [0.15, 0.2) is 0 Å². The van der Waals surface area contributed by atoms with Gasteiger partial charge >= 0.3 is 0 Å². The third-order valence-corrected chi connectivity index (χ3v) is 5.63. The minimum absolute atomic E-state index is 0.221. The van der Waals surface area contributed by atoms with Gasteiger partial charge in [-0.1, -0.05) is 13.8 Å². The molecular formula is C17H32N2O. The maximum atomic E-state index is 6.30. The molecule has 3 aliphatic rings. The minimum atomic E-state index is 0.221. The zero-order valence-electron chi connectivity index (χ0n) is 13.3. The molecule has 3 heteroatoms. The molecule has 3 nitrogen and oxygen atoms in total. The van der Waals surface area contributed by atoms with Crippen LogP contribution in [0.3, 0.4) is 0 Å². The van der Waals surface area contributed by atoms with Crippen molar-refractivity contribution < 1.29 is 4.74 Å². The maximum Gasteiger partial charge on any atom is 0.0616 e. The lowest BCUT2D eigenvalue weighted by Crippen LogP contribution is -2.60.